The summed E-state index contributed by atoms with van der Waals surface area (Å²) in [7, 11) is 3.04. The van der Waals surface area contributed by atoms with Gasteiger partial charge in [0.05, 0.1) is 0 Å². The molecule has 1 aromatic rings. The highest BCUT2D eigenvalue weighted by Crippen LogP contribution is 1.87. The van der Waals surface area contributed by atoms with E-state index in [1.54, 1.807) is 7.05 Å². The molecule has 2 N–H and O–H groups in total. The molecule has 11 heavy (non-hydrogen) atoms. The van der Waals surface area contributed by atoms with Gasteiger partial charge in [-0.05, 0) is 0 Å². The first-order valence-corrected chi connectivity index (χ1v) is 3.13. The molecule has 0 amide bonds. The van der Waals surface area contributed by atoms with Crippen LogP contribution >= 0.6 is 0 Å². The van der Waals surface area contributed by atoms with Crippen molar-refractivity contribution in [1.29, 1.82) is 0 Å². The van der Waals surface area contributed by atoms with Crippen LogP contribution in [0.2, 0.25) is 0 Å². The average molecular weight is 155 g/mol. The first-order chi connectivity index (χ1) is 5.16. The van der Waals surface area contributed by atoms with Gasteiger partial charge in [-0.3, -0.25) is 9.36 Å². The zero-order chi connectivity index (χ0) is 8.43. The maximum Gasteiger partial charge on any atom is 0.328 e. The summed E-state index contributed by atoms with van der Waals surface area (Å²) in [5.41, 5.74) is -0.350. The molecule has 0 aliphatic rings. The Kier molecular flexibility index (Phi) is 1.80. The summed E-state index contributed by atoms with van der Waals surface area (Å²) < 4.78 is 1.01. The summed E-state index contributed by atoms with van der Waals surface area (Å²) in [5.74, 6) is 0. The molecule has 0 bridgehead atoms. The van der Waals surface area contributed by atoms with E-state index >= 15 is 0 Å². The smallest absolute Gasteiger partial charge is 0.328 e. The second-order valence-corrected chi connectivity index (χ2v) is 2.12. The summed E-state index contributed by atoms with van der Waals surface area (Å²) in [6.07, 6.45) is 1.35. The van der Waals surface area contributed by atoms with E-state index in [0.29, 0.717) is 5.69 Å². The lowest BCUT2D eigenvalue weighted by molar-refractivity contribution is 0.778. The van der Waals surface area contributed by atoms with Crippen molar-refractivity contribution in [2.45, 2.75) is 0 Å². The van der Waals surface area contributed by atoms with E-state index in [1.807, 2.05) is 0 Å². The molecule has 1 rings (SSSR count). The summed E-state index contributed by atoms with van der Waals surface area (Å²) in [5, 5.41) is 2.66. The molecule has 0 aliphatic carbocycles. The van der Waals surface area contributed by atoms with Crippen LogP contribution < -0.4 is 16.6 Å². The fraction of sp³-hybridized carbons (Fsp3) is 0.333. The predicted octanol–water partition coefficient (Wildman–Crippen LogP) is -0.885. The number of nitrogens with zero attached hydrogens (tertiary/aromatic N) is 1. The van der Waals surface area contributed by atoms with Crippen LogP contribution in [0.15, 0.2) is 15.8 Å². The minimum absolute atomic E-state index is 0.323. The van der Waals surface area contributed by atoms with Gasteiger partial charge in [0.2, 0.25) is 0 Å². The normalized spacial score (nSPS) is 9.64. The zero-order valence-electron chi connectivity index (χ0n) is 6.34. The molecule has 0 spiro atoms. The summed E-state index contributed by atoms with van der Waals surface area (Å²) >= 11 is 0. The van der Waals surface area contributed by atoms with Crippen molar-refractivity contribution in [2.24, 2.45) is 7.05 Å². The average Bonchev–Trinajstić information content (AvgIpc) is 2.01. The van der Waals surface area contributed by atoms with E-state index in [9.17, 15) is 9.59 Å². The Morgan fingerprint density at radius 2 is 2.18 bits per heavy atom. The number of aromatic nitrogens is 2. The largest absolute Gasteiger partial charge is 0.382 e. The minimum atomic E-state index is -0.408. The second kappa shape index (κ2) is 2.61. The molecule has 1 aromatic heterocycles. The maximum atomic E-state index is 11.1. The molecular weight excluding hydrogens is 146 g/mol. The molecule has 0 saturated heterocycles. The van der Waals surface area contributed by atoms with Gasteiger partial charge in [-0.1, -0.05) is 0 Å². The Hall–Kier alpha value is -1.52. The van der Waals surface area contributed by atoms with Crippen molar-refractivity contribution in [2.75, 3.05) is 12.4 Å². The quantitative estimate of drug-likeness (QED) is 0.553. The van der Waals surface area contributed by atoms with Gasteiger partial charge in [0.15, 0.2) is 0 Å². The van der Waals surface area contributed by atoms with Crippen LogP contribution in [-0.4, -0.2) is 16.6 Å². The number of H-pyrrole nitrogens is 1. The topological polar surface area (TPSA) is 66.9 Å². The van der Waals surface area contributed by atoms with Crippen LogP contribution in [0, 0.1) is 0 Å². The van der Waals surface area contributed by atoms with E-state index in [4.69, 9.17) is 0 Å². The molecule has 0 fully saturated rings. The molecule has 5 nitrogen and oxygen atoms in total. The molecule has 0 atom stereocenters. The van der Waals surface area contributed by atoms with Gasteiger partial charge in [-0.15, -0.1) is 0 Å². The SMILES string of the molecule is CNc1c[nH]c(=O)n(C)c1=O. The van der Waals surface area contributed by atoms with Gasteiger partial charge in [-0.25, -0.2) is 4.79 Å². The molecule has 60 valence electrons. The number of rotatable bonds is 1. The lowest BCUT2D eigenvalue weighted by atomic mass is 10.5. The van der Waals surface area contributed by atoms with Gasteiger partial charge >= 0.3 is 5.69 Å². The molecular formula is C6H9N3O2. The molecule has 0 saturated carbocycles. The molecule has 0 aromatic carbocycles. The van der Waals surface area contributed by atoms with Gasteiger partial charge in [-0.2, -0.15) is 0 Å². The van der Waals surface area contributed by atoms with Crippen molar-refractivity contribution in [3.8, 4) is 0 Å². The van der Waals surface area contributed by atoms with Gasteiger partial charge < -0.3 is 10.3 Å². The lowest BCUT2D eigenvalue weighted by Crippen LogP contribution is -2.33. The number of hydrogen-bond acceptors (Lipinski definition) is 3. The van der Waals surface area contributed by atoms with E-state index in [0.717, 1.165) is 4.57 Å². The third-order valence-electron chi connectivity index (χ3n) is 1.45. The fourth-order valence-electron chi connectivity index (χ4n) is 0.744. The van der Waals surface area contributed by atoms with E-state index in [-0.39, 0.29) is 5.56 Å². The molecule has 0 unspecified atom stereocenters. The van der Waals surface area contributed by atoms with Crippen LogP contribution in [0.4, 0.5) is 5.69 Å². The predicted molar refractivity (Wildman–Crippen MR) is 41.9 cm³/mol. The summed E-state index contributed by atoms with van der Waals surface area (Å²) in [6.45, 7) is 0. The first kappa shape index (κ1) is 7.59. The summed E-state index contributed by atoms with van der Waals surface area (Å²) in [4.78, 5) is 24.3. The highest BCUT2D eigenvalue weighted by atomic mass is 16.2. The van der Waals surface area contributed by atoms with Crippen molar-refractivity contribution < 1.29 is 0 Å². The van der Waals surface area contributed by atoms with E-state index in [1.165, 1.54) is 13.2 Å². The van der Waals surface area contributed by atoms with Gasteiger partial charge in [0.25, 0.3) is 5.56 Å². The highest BCUT2D eigenvalue weighted by molar-refractivity contribution is 5.36. The Morgan fingerprint density at radius 3 is 2.73 bits per heavy atom. The summed E-state index contributed by atoms with van der Waals surface area (Å²) in [6, 6.07) is 0. The Morgan fingerprint density at radius 1 is 1.55 bits per heavy atom. The first-order valence-electron chi connectivity index (χ1n) is 3.13. The van der Waals surface area contributed by atoms with Crippen LogP contribution in [0.5, 0.6) is 0 Å². The fourth-order valence-corrected chi connectivity index (χ4v) is 0.744. The highest BCUT2D eigenvalue weighted by Gasteiger charge is 1.99. The third kappa shape index (κ3) is 1.17. The zero-order valence-corrected chi connectivity index (χ0v) is 6.34. The minimum Gasteiger partial charge on any atom is -0.382 e. The third-order valence-corrected chi connectivity index (χ3v) is 1.45. The molecule has 5 heteroatoms. The lowest BCUT2D eigenvalue weighted by Gasteiger charge is -1.99. The molecule has 1 heterocycles. The van der Waals surface area contributed by atoms with E-state index in [2.05, 4.69) is 10.3 Å². The van der Waals surface area contributed by atoms with Crippen molar-refractivity contribution in [3.05, 3.63) is 27.0 Å². The molecule has 0 radical (unpaired) electrons. The van der Waals surface area contributed by atoms with Crippen molar-refractivity contribution in [3.63, 3.8) is 0 Å². The van der Waals surface area contributed by atoms with Gasteiger partial charge in [0.1, 0.15) is 5.69 Å². The maximum absolute atomic E-state index is 11.1. The van der Waals surface area contributed by atoms with Crippen LogP contribution in [0.25, 0.3) is 0 Å². The standard InChI is InChI=1S/C6H9N3O2/c1-7-4-3-8-6(11)9(2)5(4)10/h3,7H,1-2H3,(H,8,11). The Bertz CT molecular complexity index is 363. The van der Waals surface area contributed by atoms with Crippen molar-refractivity contribution >= 4 is 5.69 Å². The second-order valence-electron chi connectivity index (χ2n) is 2.12. The Labute approximate surface area is 62.7 Å². The van der Waals surface area contributed by atoms with E-state index < -0.39 is 5.69 Å². The van der Waals surface area contributed by atoms with Crippen LogP contribution in [-0.2, 0) is 7.05 Å². The number of anilines is 1. The van der Waals surface area contributed by atoms with Crippen LogP contribution in [0.1, 0.15) is 0 Å². The molecule has 0 aliphatic heterocycles. The van der Waals surface area contributed by atoms with Crippen molar-refractivity contribution in [1.82, 2.24) is 9.55 Å². The van der Waals surface area contributed by atoms with Crippen LogP contribution in [0.3, 0.4) is 0 Å². The Balaban J connectivity index is 3.50. The number of nitrogens with one attached hydrogen (secondary N) is 2. The van der Waals surface area contributed by atoms with Gasteiger partial charge in [0, 0.05) is 20.3 Å². The number of hydrogen-bond donors (Lipinski definition) is 2. The monoisotopic (exact) mass is 155 g/mol. The number of aromatic amines is 1.